The monoisotopic (exact) mass is 277 g/mol. The fraction of sp³-hybridized carbons (Fsp3) is 0.562. The van der Waals surface area contributed by atoms with Crippen LogP contribution in [0.2, 0.25) is 0 Å². The normalized spacial score (nSPS) is 15.9. The summed E-state index contributed by atoms with van der Waals surface area (Å²) in [6, 6.07) is 6.12. The standard InChI is InChI=1S/C16H23NO3/c1-12-3-4-15(19-2)14(11-12)5-8-17-16(18)13-6-9-20-10-7-13/h3-4,11,13H,5-10H2,1-2H3,(H,17,18). The molecule has 1 amide bonds. The van der Waals surface area contributed by atoms with Gasteiger partial charge in [-0.05, 0) is 37.8 Å². The molecule has 1 aromatic carbocycles. The van der Waals surface area contributed by atoms with Crippen molar-refractivity contribution in [3.63, 3.8) is 0 Å². The zero-order valence-electron chi connectivity index (χ0n) is 12.3. The number of aryl methyl sites for hydroxylation is 1. The molecule has 1 saturated heterocycles. The van der Waals surface area contributed by atoms with Crippen LogP contribution in [0.15, 0.2) is 18.2 Å². The van der Waals surface area contributed by atoms with E-state index in [0.29, 0.717) is 19.8 Å². The molecule has 110 valence electrons. The summed E-state index contributed by atoms with van der Waals surface area (Å²) < 4.78 is 10.6. The lowest BCUT2D eigenvalue weighted by atomic mass is 9.99. The lowest BCUT2D eigenvalue weighted by Crippen LogP contribution is -2.35. The van der Waals surface area contributed by atoms with Crippen molar-refractivity contribution in [3.05, 3.63) is 29.3 Å². The Morgan fingerprint density at radius 3 is 2.85 bits per heavy atom. The van der Waals surface area contributed by atoms with Gasteiger partial charge < -0.3 is 14.8 Å². The van der Waals surface area contributed by atoms with Gasteiger partial charge in [-0.2, -0.15) is 0 Å². The molecule has 0 saturated carbocycles. The van der Waals surface area contributed by atoms with Crippen LogP contribution in [-0.2, 0) is 16.0 Å². The maximum atomic E-state index is 12.0. The Labute approximate surface area is 120 Å². The lowest BCUT2D eigenvalue weighted by molar-refractivity contribution is -0.127. The zero-order valence-corrected chi connectivity index (χ0v) is 12.3. The molecule has 1 aliphatic rings. The average Bonchev–Trinajstić information content (AvgIpc) is 2.48. The van der Waals surface area contributed by atoms with Crippen LogP contribution in [0, 0.1) is 12.8 Å². The minimum Gasteiger partial charge on any atom is -0.496 e. The van der Waals surface area contributed by atoms with Crippen LogP contribution in [0.4, 0.5) is 0 Å². The molecule has 1 aromatic rings. The minimum absolute atomic E-state index is 0.114. The van der Waals surface area contributed by atoms with E-state index < -0.39 is 0 Å². The smallest absolute Gasteiger partial charge is 0.223 e. The van der Waals surface area contributed by atoms with Crippen LogP contribution >= 0.6 is 0 Å². The number of hydrogen-bond donors (Lipinski definition) is 1. The number of ether oxygens (including phenoxy) is 2. The first-order valence-corrected chi connectivity index (χ1v) is 7.19. The maximum absolute atomic E-state index is 12.0. The fourth-order valence-electron chi connectivity index (χ4n) is 2.53. The van der Waals surface area contributed by atoms with Crippen LogP contribution in [0.5, 0.6) is 5.75 Å². The van der Waals surface area contributed by atoms with E-state index in [0.717, 1.165) is 30.6 Å². The van der Waals surface area contributed by atoms with E-state index in [1.807, 2.05) is 12.1 Å². The highest BCUT2D eigenvalue weighted by atomic mass is 16.5. The molecule has 0 unspecified atom stereocenters. The molecule has 1 heterocycles. The molecule has 1 fully saturated rings. The molecule has 4 heteroatoms. The van der Waals surface area contributed by atoms with Crippen molar-refractivity contribution < 1.29 is 14.3 Å². The Morgan fingerprint density at radius 1 is 1.40 bits per heavy atom. The van der Waals surface area contributed by atoms with Crippen molar-refractivity contribution in [1.29, 1.82) is 0 Å². The van der Waals surface area contributed by atoms with Crippen LogP contribution in [0.1, 0.15) is 24.0 Å². The molecule has 2 rings (SSSR count). The Bertz CT molecular complexity index is 453. The van der Waals surface area contributed by atoms with Gasteiger partial charge in [-0.15, -0.1) is 0 Å². The Hall–Kier alpha value is -1.55. The summed E-state index contributed by atoms with van der Waals surface area (Å²) in [7, 11) is 1.68. The third-order valence-electron chi connectivity index (χ3n) is 3.72. The first kappa shape index (κ1) is 14.9. The molecular formula is C16H23NO3. The SMILES string of the molecule is COc1ccc(C)cc1CCNC(=O)C1CCOCC1. The van der Waals surface area contributed by atoms with Crippen LogP contribution in [0.3, 0.4) is 0 Å². The van der Waals surface area contributed by atoms with Gasteiger partial charge in [-0.1, -0.05) is 17.7 Å². The van der Waals surface area contributed by atoms with Gasteiger partial charge in [0.2, 0.25) is 5.91 Å². The molecule has 1 aliphatic heterocycles. The second kappa shape index (κ2) is 7.29. The van der Waals surface area contributed by atoms with E-state index in [1.54, 1.807) is 7.11 Å². The highest BCUT2D eigenvalue weighted by Gasteiger charge is 2.20. The summed E-state index contributed by atoms with van der Waals surface area (Å²) >= 11 is 0. The van der Waals surface area contributed by atoms with Gasteiger partial charge in [0.15, 0.2) is 0 Å². The maximum Gasteiger partial charge on any atom is 0.223 e. The average molecular weight is 277 g/mol. The number of hydrogen-bond acceptors (Lipinski definition) is 3. The molecule has 4 nitrogen and oxygen atoms in total. The summed E-state index contributed by atoms with van der Waals surface area (Å²) in [5, 5.41) is 3.02. The van der Waals surface area contributed by atoms with Crippen LogP contribution in [0.25, 0.3) is 0 Å². The van der Waals surface area contributed by atoms with E-state index in [1.165, 1.54) is 5.56 Å². The summed E-state index contributed by atoms with van der Waals surface area (Å²) in [6.45, 7) is 4.10. The van der Waals surface area contributed by atoms with E-state index in [-0.39, 0.29) is 11.8 Å². The van der Waals surface area contributed by atoms with Gasteiger partial charge in [-0.25, -0.2) is 0 Å². The number of carbonyl (C=O) groups excluding carboxylic acids is 1. The van der Waals surface area contributed by atoms with Gasteiger partial charge in [0, 0.05) is 25.7 Å². The summed E-state index contributed by atoms with van der Waals surface area (Å²) in [4.78, 5) is 12.0. The van der Waals surface area contributed by atoms with Crippen molar-refractivity contribution in [3.8, 4) is 5.75 Å². The molecule has 0 aliphatic carbocycles. The van der Waals surface area contributed by atoms with Crippen molar-refractivity contribution in [2.24, 2.45) is 5.92 Å². The van der Waals surface area contributed by atoms with Gasteiger partial charge >= 0.3 is 0 Å². The fourth-order valence-corrected chi connectivity index (χ4v) is 2.53. The van der Waals surface area contributed by atoms with Gasteiger partial charge in [0.1, 0.15) is 5.75 Å². The molecule has 0 bridgehead atoms. The second-order valence-electron chi connectivity index (χ2n) is 5.24. The number of amides is 1. The van der Waals surface area contributed by atoms with Crippen molar-refractivity contribution >= 4 is 5.91 Å². The molecule has 0 atom stereocenters. The lowest BCUT2D eigenvalue weighted by Gasteiger charge is -2.21. The van der Waals surface area contributed by atoms with Crippen molar-refractivity contribution in [2.45, 2.75) is 26.2 Å². The van der Waals surface area contributed by atoms with Gasteiger partial charge in [-0.3, -0.25) is 4.79 Å². The third kappa shape index (κ3) is 3.97. The first-order chi connectivity index (χ1) is 9.70. The number of benzene rings is 1. The summed E-state index contributed by atoms with van der Waals surface area (Å²) in [5.41, 5.74) is 2.34. The molecule has 20 heavy (non-hydrogen) atoms. The second-order valence-corrected chi connectivity index (χ2v) is 5.24. The number of rotatable bonds is 5. The predicted molar refractivity (Wildman–Crippen MR) is 78.0 cm³/mol. The third-order valence-corrected chi connectivity index (χ3v) is 3.72. The van der Waals surface area contributed by atoms with Crippen molar-refractivity contribution in [2.75, 3.05) is 26.9 Å². The highest BCUT2D eigenvalue weighted by molar-refractivity contribution is 5.78. The van der Waals surface area contributed by atoms with Crippen LogP contribution in [-0.4, -0.2) is 32.8 Å². The first-order valence-electron chi connectivity index (χ1n) is 7.19. The highest BCUT2D eigenvalue weighted by Crippen LogP contribution is 2.20. The van der Waals surface area contributed by atoms with E-state index >= 15 is 0 Å². The summed E-state index contributed by atoms with van der Waals surface area (Å²) in [5.74, 6) is 1.15. The largest absolute Gasteiger partial charge is 0.496 e. The predicted octanol–water partition coefficient (Wildman–Crippen LogP) is 2.09. The van der Waals surface area contributed by atoms with Gasteiger partial charge in [0.05, 0.1) is 7.11 Å². The van der Waals surface area contributed by atoms with E-state index in [4.69, 9.17) is 9.47 Å². The molecule has 0 aromatic heterocycles. The van der Waals surface area contributed by atoms with E-state index in [2.05, 4.69) is 18.3 Å². The molecule has 0 spiro atoms. The molecule has 1 N–H and O–H groups in total. The Kier molecular flexibility index (Phi) is 5.41. The van der Waals surface area contributed by atoms with Gasteiger partial charge in [0.25, 0.3) is 0 Å². The molecule has 0 radical (unpaired) electrons. The summed E-state index contributed by atoms with van der Waals surface area (Å²) in [6.07, 6.45) is 2.46. The Balaban J connectivity index is 1.83. The number of carbonyl (C=O) groups is 1. The van der Waals surface area contributed by atoms with E-state index in [9.17, 15) is 4.79 Å². The van der Waals surface area contributed by atoms with Crippen LogP contribution < -0.4 is 10.1 Å². The topological polar surface area (TPSA) is 47.6 Å². The number of methoxy groups -OCH3 is 1. The molecular weight excluding hydrogens is 254 g/mol. The Morgan fingerprint density at radius 2 is 2.15 bits per heavy atom. The number of nitrogens with one attached hydrogen (secondary N) is 1. The zero-order chi connectivity index (χ0) is 14.4. The minimum atomic E-state index is 0.114. The quantitative estimate of drug-likeness (QED) is 0.896. The van der Waals surface area contributed by atoms with Crippen molar-refractivity contribution in [1.82, 2.24) is 5.32 Å².